The molecule has 3 aliphatic rings. The first kappa shape index (κ1) is 17.7. The lowest BCUT2D eigenvalue weighted by Gasteiger charge is -2.43. The van der Waals surface area contributed by atoms with Crippen molar-refractivity contribution in [1.29, 1.82) is 0 Å². The first-order valence-electron chi connectivity index (χ1n) is 8.47. The highest BCUT2D eigenvalue weighted by molar-refractivity contribution is 5.95. The summed E-state index contributed by atoms with van der Waals surface area (Å²) >= 11 is 0. The summed E-state index contributed by atoms with van der Waals surface area (Å²) < 4.78 is 11.2. The van der Waals surface area contributed by atoms with Gasteiger partial charge in [-0.05, 0) is 52.7 Å². The molecule has 2 N–H and O–H groups in total. The van der Waals surface area contributed by atoms with Gasteiger partial charge in [0.1, 0.15) is 11.7 Å². The van der Waals surface area contributed by atoms with Crippen LogP contribution in [0, 0.1) is 5.41 Å². The minimum absolute atomic E-state index is 0.208. The Kier molecular flexibility index (Phi) is 4.23. The van der Waals surface area contributed by atoms with Gasteiger partial charge in [0, 0.05) is 18.2 Å². The number of amides is 2. The van der Waals surface area contributed by atoms with Crippen LogP contribution in [0.3, 0.4) is 0 Å². The highest BCUT2D eigenvalue weighted by Crippen LogP contribution is 2.61. The maximum atomic E-state index is 12.7. The third-order valence-electron chi connectivity index (χ3n) is 4.56. The molecular weight excluding hydrogens is 322 g/mol. The van der Waals surface area contributed by atoms with Gasteiger partial charge in [0.15, 0.2) is 0 Å². The summed E-state index contributed by atoms with van der Waals surface area (Å²) in [5, 5.41) is 5.63. The number of nitrogens with one attached hydrogen (secondary N) is 2. The van der Waals surface area contributed by atoms with Crippen LogP contribution < -0.4 is 10.6 Å². The van der Waals surface area contributed by atoms with E-state index in [1.165, 1.54) is 0 Å². The SMILES string of the molecule is CC(C)(C)OC(=O)NCC12CC(C)(C1)OC2C(=O)Nc1cccnc1. The molecule has 3 fully saturated rings. The Labute approximate surface area is 147 Å². The van der Waals surface area contributed by atoms with Crippen LogP contribution >= 0.6 is 0 Å². The molecule has 1 aliphatic carbocycles. The average molecular weight is 347 g/mol. The number of pyridine rings is 1. The second-order valence-corrected chi connectivity index (χ2v) is 8.25. The standard InChI is InChI=1S/C18H25N3O4/c1-16(2,3)25-15(23)20-11-18-9-17(4,10-18)24-13(18)14(22)21-12-6-5-7-19-8-12/h5-8,13H,9-11H2,1-4H3,(H,20,23)(H,21,22). The van der Waals surface area contributed by atoms with E-state index >= 15 is 0 Å². The average Bonchev–Trinajstić information content (AvgIpc) is 2.93. The van der Waals surface area contributed by atoms with Gasteiger partial charge < -0.3 is 20.1 Å². The zero-order valence-electron chi connectivity index (χ0n) is 15.1. The van der Waals surface area contributed by atoms with Crippen molar-refractivity contribution in [3.8, 4) is 0 Å². The molecule has 1 atom stereocenters. The number of hydrogen-bond donors (Lipinski definition) is 2. The van der Waals surface area contributed by atoms with Gasteiger partial charge in [-0.2, -0.15) is 0 Å². The Hall–Kier alpha value is -2.15. The van der Waals surface area contributed by atoms with E-state index in [0.717, 1.165) is 12.8 Å². The fourth-order valence-corrected chi connectivity index (χ4v) is 3.87. The van der Waals surface area contributed by atoms with Gasteiger partial charge in [0.2, 0.25) is 0 Å². The number of carbonyl (C=O) groups is 2. The fraction of sp³-hybridized carbons (Fsp3) is 0.611. The molecule has 4 rings (SSSR count). The van der Waals surface area contributed by atoms with Crippen molar-refractivity contribution < 1.29 is 19.1 Å². The van der Waals surface area contributed by atoms with Gasteiger partial charge in [-0.15, -0.1) is 0 Å². The zero-order valence-corrected chi connectivity index (χ0v) is 15.1. The molecule has 3 heterocycles. The molecule has 1 aromatic rings. The summed E-state index contributed by atoms with van der Waals surface area (Å²) in [6.45, 7) is 7.79. The summed E-state index contributed by atoms with van der Waals surface area (Å²) in [4.78, 5) is 28.6. The van der Waals surface area contributed by atoms with Gasteiger partial charge in [0.25, 0.3) is 5.91 Å². The van der Waals surface area contributed by atoms with Gasteiger partial charge in [-0.1, -0.05) is 0 Å². The number of carbonyl (C=O) groups excluding carboxylic acids is 2. The van der Waals surface area contributed by atoms with E-state index in [1.807, 2.05) is 27.7 Å². The number of fused-ring (bicyclic) bond motifs is 1. The van der Waals surface area contributed by atoms with E-state index in [2.05, 4.69) is 15.6 Å². The lowest BCUT2D eigenvalue weighted by atomic mass is 9.60. The number of nitrogens with zero attached hydrogens (tertiary/aromatic N) is 1. The van der Waals surface area contributed by atoms with Gasteiger partial charge in [-0.3, -0.25) is 9.78 Å². The molecular formula is C18H25N3O4. The number of alkyl carbamates (subject to hydrolysis) is 1. The number of aromatic nitrogens is 1. The first-order valence-corrected chi connectivity index (χ1v) is 8.47. The highest BCUT2D eigenvalue weighted by atomic mass is 16.6. The Morgan fingerprint density at radius 2 is 2.12 bits per heavy atom. The topological polar surface area (TPSA) is 89.5 Å². The van der Waals surface area contributed by atoms with E-state index in [1.54, 1.807) is 24.5 Å². The molecule has 1 aromatic heterocycles. The number of rotatable bonds is 4. The predicted octanol–water partition coefficient (Wildman–Crippen LogP) is 2.48. The Bertz CT molecular complexity index is 663. The number of anilines is 1. The Balaban J connectivity index is 1.63. The van der Waals surface area contributed by atoms with E-state index in [0.29, 0.717) is 12.2 Å². The lowest BCUT2D eigenvalue weighted by molar-refractivity contribution is -0.128. The second-order valence-electron chi connectivity index (χ2n) is 8.25. The van der Waals surface area contributed by atoms with Crippen molar-refractivity contribution in [3.63, 3.8) is 0 Å². The van der Waals surface area contributed by atoms with Crippen molar-refractivity contribution in [3.05, 3.63) is 24.5 Å². The lowest BCUT2D eigenvalue weighted by Crippen LogP contribution is -2.53. The molecule has 2 amide bonds. The third-order valence-corrected chi connectivity index (χ3v) is 4.56. The van der Waals surface area contributed by atoms with Crippen molar-refractivity contribution in [2.75, 3.05) is 11.9 Å². The second kappa shape index (κ2) is 5.98. The van der Waals surface area contributed by atoms with Crippen LogP contribution in [-0.2, 0) is 14.3 Å². The molecule has 0 radical (unpaired) electrons. The molecule has 1 unspecified atom stereocenters. The molecule has 2 bridgehead atoms. The minimum atomic E-state index is -0.604. The maximum absolute atomic E-state index is 12.7. The van der Waals surface area contributed by atoms with E-state index in [4.69, 9.17) is 9.47 Å². The van der Waals surface area contributed by atoms with Crippen molar-refractivity contribution in [2.24, 2.45) is 5.41 Å². The van der Waals surface area contributed by atoms with Crippen molar-refractivity contribution >= 4 is 17.7 Å². The molecule has 7 nitrogen and oxygen atoms in total. The smallest absolute Gasteiger partial charge is 0.407 e. The van der Waals surface area contributed by atoms with E-state index in [-0.39, 0.29) is 11.5 Å². The van der Waals surface area contributed by atoms with Gasteiger partial charge >= 0.3 is 6.09 Å². The summed E-state index contributed by atoms with van der Waals surface area (Å²) in [5.41, 5.74) is -0.621. The molecule has 7 heteroatoms. The van der Waals surface area contributed by atoms with Crippen molar-refractivity contribution in [2.45, 2.75) is 57.8 Å². The molecule has 1 saturated carbocycles. The molecule has 2 aliphatic heterocycles. The van der Waals surface area contributed by atoms with E-state index in [9.17, 15) is 9.59 Å². The summed E-state index contributed by atoms with van der Waals surface area (Å²) in [7, 11) is 0. The molecule has 0 spiro atoms. The quantitative estimate of drug-likeness (QED) is 0.873. The largest absolute Gasteiger partial charge is 0.444 e. The van der Waals surface area contributed by atoms with Gasteiger partial charge in [0.05, 0.1) is 17.5 Å². The summed E-state index contributed by atoms with van der Waals surface area (Å²) in [6, 6.07) is 3.53. The van der Waals surface area contributed by atoms with Crippen LogP contribution in [0.1, 0.15) is 40.5 Å². The van der Waals surface area contributed by atoms with Crippen LogP contribution in [0.2, 0.25) is 0 Å². The van der Waals surface area contributed by atoms with Crippen LogP contribution in [0.5, 0.6) is 0 Å². The Morgan fingerprint density at radius 3 is 2.72 bits per heavy atom. The summed E-state index contributed by atoms with van der Waals surface area (Å²) in [5.74, 6) is -0.208. The molecule has 136 valence electrons. The van der Waals surface area contributed by atoms with Crippen LogP contribution in [-0.4, -0.2) is 40.8 Å². The van der Waals surface area contributed by atoms with Crippen LogP contribution in [0.4, 0.5) is 10.5 Å². The van der Waals surface area contributed by atoms with Crippen LogP contribution in [0.25, 0.3) is 0 Å². The number of hydrogen-bond acceptors (Lipinski definition) is 5. The summed E-state index contributed by atoms with van der Waals surface area (Å²) in [6.07, 6.45) is 3.62. The molecule has 2 saturated heterocycles. The van der Waals surface area contributed by atoms with E-state index < -0.39 is 23.2 Å². The number of ether oxygens (including phenoxy) is 2. The molecule has 25 heavy (non-hydrogen) atoms. The predicted molar refractivity (Wildman–Crippen MR) is 92.0 cm³/mol. The zero-order chi connectivity index (χ0) is 18.3. The first-order chi connectivity index (χ1) is 11.6. The van der Waals surface area contributed by atoms with Crippen molar-refractivity contribution in [1.82, 2.24) is 10.3 Å². The molecule has 0 aromatic carbocycles. The highest BCUT2D eigenvalue weighted by Gasteiger charge is 2.67. The fourth-order valence-electron chi connectivity index (χ4n) is 3.87. The Morgan fingerprint density at radius 1 is 1.40 bits per heavy atom. The normalized spacial score (nSPS) is 30.3. The van der Waals surface area contributed by atoms with Crippen LogP contribution in [0.15, 0.2) is 24.5 Å². The minimum Gasteiger partial charge on any atom is -0.444 e. The maximum Gasteiger partial charge on any atom is 0.407 e. The third kappa shape index (κ3) is 3.76. The van der Waals surface area contributed by atoms with Gasteiger partial charge in [-0.25, -0.2) is 4.79 Å². The monoisotopic (exact) mass is 347 g/mol.